The fourth-order valence-electron chi connectivity index (χ4n) is 1.46. The lowest BCUT2D eigenvalue weighted by atomic mass is 10.0. The van der Waals surface area contributed by atoms with Gasteiger partial charge in [-0.15, -0.1) is 0 Å². The molecule has 2 rings (SSSR count). The summed E-state index contributed by atoms with van der Waals surface area (Å²) in [5, 5.41) is 0. The number of fused-ring (bicyclic) bond motifs is 1. The molecule has 1 heterocycles. The Morgan fingerprint density at radius 3 is 2.36 bits per heavy atom. The fourth-order valence-corrected chi connectivity index (χ4v) is 1.91. The number of hydrogen-bond donors (Lipinski definition) is 0. The highest BCUT2D eigenvalue weighted by Crippen LogP contribution is 2.33. The molecule has 0 aliphatic carbocycles. The Bertz CT molecular complexity index is 454. The monoisotopic (exact) mass is 253 g/mol. The molecule has 72 valence electrons. The summed E-state index contributed by atoms with van der Waals surface area (Å²) < 4.78 is 1.22. The number of carbonyl (C=O) groups excluding carboxylic acids is 2. The Hall–Kier alpha value is -1.16. The number of anilines is 1. The number of nitrogens with zero attached hydrogens (tertiary/aromatic N) is 1. The molecule has 3 nitrogen and oxygen atoms in total. The van der Waals surface area contributed by atoms with Crippen molar-refractivity contribution in [2.75, 3.05) is 3.93 Å². The smallest absolute Gasteiger partial charge is 0.283 e. The Balaban J connectivity index is 2.71. The van der Waals surface area contributed by atoms with Gasteiger partial charge in [0.1, 0.15) is 0 Å². The van der Waals surface area contributed by atoms with Crippen LogP contribution in [0.5, 0.6) is 0 Å². The van der Waals surface area contributed by atoms with Gasteiger partial charge < -0.3 is 0 Å². The number of hydrogen-bond acceptors (Lipinski definition) is 2. The zero-order chi connectivity index (χ0) is 10.5. The van der Waals surface area contributed by atoms with Gasteiger partial charge in [0.25, 0.3) is 5.78 Å². The minimum Gasteiger partial charge on any atom is -0.283 e. The third-order valence-electron chi connectivity index (χ3n) is 2.44. The standard InChI is InChI=1S/C10H8BrNO2/c1-5-3-7-8(4-6(5)2)12(11)10(14)9(7)13/h3-4H,1-2H3. The van der Waals surface area contributed by atoms with Gasteiger partial charge in [0.2, 0.25) is 0 Å². The summed E-state index contributed by atoms with van der Waals surface area (Å²) in [6.07, 6.45) is 0. The SMILES string of the molecule is Cc1cc2c(cc1C)N(Br)C(=O)C2=O. The first-order chi connectivity index (χ1) is 6.52. The van der Waals surface area contributed by atoms with E-state index in [4.69, 9.17) is 0 Å². The second kappa shape index (κ2) is 2.92. The van der Waals surface area contributed by atoms with E-state index in [0.717, 1.165) is 11.1 Å². The van der Waals surface area contributed by atoms with Crippen LogP contribution < -0.4 is 3.93 Å². The third-order valence-corrected chi connectivity index (χ3v) is 3.14. The highest BCUT2D eigenvalue weighted by molar-refractivity contribution is 9.10. The van der Waals surface area contributed by atoms with Crippen LogP contribution >= 0.6 is 16.1 Å². The minimum absolute atomic E-state index is 0.444. The normalized spacial score (nSPS) is 14.9. The van der Waals surface area contributed by atoms with Crippen LogP contribution in [-0.4, -0.2) is 11.7 Å². The van der Waals surface area contributed by atoms with Crippen LogP contribution in [0.1, 0.15) is 21.5 Å². The van der Waals surface area contributed by atoms with E-state index in [2.05, 4.69) is 16.1 Å². The molecular weight excluding hydrogens is 246 g/mol. The van der Waals surface area contributed by atoms with Crippen molar-refractivity contribution in [3.8, 4) is 0 Å². The first-order valence-corrected chi connectivity index (χ1v) is 4.89. The Labute approximate surface area is 90.0 Å². The molecule has 1 aliphatic rings. The summed E-state index contributed by atoms with van der Waals surface area (Å²) in [5.41, 5.74) is 3.21. The molecule has 0 spiro atoms. The van der Waals surface area contributed by atoms with Crippen LogP contribution in [0, 0.1) is 13.8 Å². The number of benzene rings is 1. The number of Topliss-reactive ketones (excluding diaryl/α,β-unsaturated/α-hetero) is 1. The van der Waals surface area contributed by atoms with Crippen LogP contribution in [0.2, 0.25) is 0 Å². The molecule has 14 heavy (non-hydrogen) atoms. The largest absolute Gasteiger partial charge is 0.309 e. The minimum atomic E-state index is -0.523. The van der Waals surface area contributed by atoms with Crippen LogP contribution in [0.4, 0.5) is 5.69 Å². The Kier molecular flexibility index (Phi) is 1.96. The van der Waals surface area contributed by atoms with Gasteiger partial charge in [0.05, 0.1) is 27.4 Å². The van der Waals surface area contributed by atoms with E-state index in [1.807, 2.05) is 19.9 Å². The van der Waals surface area contributed by atoms with E-state index in [9.17, 15) is 9.59 Å². The second-order valence-electron chi connectivity index (χ2n) is 3.37. The predicted molar refractivity (Wildman–Crippen MR) is 56.7 cm³/mol. The number of halogens is 1. The van der Waals surface area contributed by atoms with Crippen LogP contribution in [0.15, 0.2) is 12.1 Å². The van der Waals surface area contributed by atoms with Gasteiger partial charge >= 0.3 is 5.91 Å². The van der Waals surface area contributed by atoms with Crippen molar-refractivity contribution in [1.29, 1.82) is 0 Å². The van der Waals surface area contributed by atoms with Gasteiger partial charge in [-0.05, 0) is 37.1 Å². The zero-order valence-corrected chi connectivity index (χ0v) is 9.38. The highest BCUT2D eigenvalue weighted by atomic mass is 79.9. The summed E-state index contributed by atoms with van der Waals surface area (Å²) in [6.45, 7) is 3.87. The zero-order valence-electron chi connectivity index (χ0n) is 7.80. The lowest BCUT2D eigenvalue weighted by Crippen LogP contribution is -2.19. The van der Waals surface area contributed by atoms with Crippen molar-refractivity contribution in [1.82, 2.24) is 0 Å². The molecule has 1 aromatic rings. The van der Waals surface area contributed by atoms with Gasteiger partial charge in [-0.25, -0.2) is 3.93 Å². The van der Waals surface area contributed by atoms with Gasteiger partial charge in [0.15, 0.2) is 0 Å². The first kappa shape index (κ1) is 9.40. The summed E-state index contributed by atoms with van der Waals surface area (Å²) in [4.78, 5) is 22.8. The summed E-state index contributed by atoms with van der Waals surface area (Å²) in [7, 11) is 0. The van der Waals surface area contributed by atoms with E-state index >= 15 is 0 Å². The number of ketones is 1. The molecule has 4 heteroatoms. The maximum absolute atomic E-state index is 11.4. The summed E-state index contributed by atoms with van der Waals surface area (Å²) >= 11 is 3.06. The molecule has 0 saturated carbocycles. The molecule has 1 amide bonds. The van der Waals surface area contributed by atoms with Crippen LogP contribution in [-0.2, 0) is 4.79 Å². The molecule has 0 N–H and O–H groups in total. The topological polar surface area (TPSA) is 37.4 Å². The van der Waals surface area contributed by atoms with Gasteiger partial charge in [0, 0.05) is 0 Å². The average Bonchev–Trinajstić information content (AvgIpc) is 2.34. The van der Waals surface area contributed by atoms with Crippen LogP contribution in [0.3, 0.4) is 0 Å². The van der Waals surface area contributed by atoms with Crippen molar-refractivity contribution < 1.29 is 9.59 Å². The molecule has 0 aromatic heterocycles. The summed E-state index contributed by atoms with van der Waals surface area (Å²) in [5.74, 6) is -0.968. The lowest BCUT2D eigenvalue weighted by molar-refractivity contribution is -0.113. The number of carbonyl (C=O) groups is 2. The van der Waals surface area contributed by atoms with Crippen molar-refractivity contribution in [2.45, 2.75) is 13.8 Å². The Morgan fingerprint density at radius 1 is 1.14 bits per heavy atom. The van der Waals surface area contributed by atoms with E-state index in [0.29, 0.717) is 11.3 Å². The average molecular weight is 254 g/mol. The number of rotatable bonds is 0. The second-order valence-corrected chi connectivity index (χ2v) is 4.08. The van der Waals surface area contributed by atoms with Crippen LogP contribution in [0.25, 0.3) is 0 Å². The molecular formula is C10H8BrNO2. The molecule has 0 bridgehead atoms. The predicted octanol–water partition coefficient (Wildman–Crippen LogP) is 2.14. The first-order valence-electron chi connectivity index (χ1n) is 4.18. The van der Waals surface area contributed by atoms with Gasteiger partial charge in [-0.1, -0.05) is 0 Å². The molecule has 1 aliphatic heterocycles. The number of amides is 1. The molecule has 0 unspecified atom stereocenters. The maximum Gasteiger partial charge on any atom is 0.309 e. The van der Waals surface area contributed by atoms with Gasteiger partial charge in [-0.3, -0.25) is 9.59 Å². The van der Waals surface area contributed by atoms with E-state index < -0.39 is 11.7 Å². The van der Waals surface area contributed by atoms with Crippen molar-refractivity contribution in [3.63, 3.8) is 0 Å². The van der Waals surface area contributed by atoms with Crippen molar-refractivity contribution >= 4 is 33.5 Å². The molecule has 0 atom stereocenters. The molecule has 0 radical (unpaired) electrons. The summed E-state index contributed by atoms with van der Waals surface area (Å²) in [6, 6.07) is 3.59. The van der Waals surface area contributed by atoms with E-state index in [-0.39, 0.29) is 0 Å². The Morgan fingerprint density at radius 2 is 1.71 bits per heavy atom. The molecule has 0 saturated heterocycles. The van der Waals surface area contributed by atoms with Gasteiger partial charge in [-0.2, -0.15) is 0 Å². The maximum atomic E-state index is 11.4. The van der Waals surface area contributed by atoms with Crippen molar-refractivity contribution in [2.24, 2.45) is 0 Å². The third kappa shape index (κ3) is 1.10. The fraction of sp³-hybridized carbons (Fsp3) is 0.200. The molecule has 0 fully saturated rings. The van der Waals surface area contributed by atoms with Crippen molar-refractivity contribution in [3.05, 3.63) is 28.8 Å². The number of aryl methyl sites for hydroxylation is 2. The quantitative estimate of drug-likeness (QED) is 0.525. The highest BCUT2D eigenvalue weighted by Gasteiger charge is 2.34. The van der Waals surface area contributed by atoms with E-state index in [1.54, 1.807) is 6.07 Å². The lowest BCUT2D eigenvalue weighted by Gasteiger charge is -2.07. The van der Waals surface area contributed by atoms with E-state index in [1.165, 1.54) is 3.93 Å². The molecule has 1 aromatic carbocycles.